The first-order valence-corrected chi connectivity index (χ1v) is 7.93. The summed E-state index contributed by atoms with van der Waals surface area (Å²) in [4.78, 5) is 7.98. The van der Waals surface area contributed by atoms with Gasteiger partial charge in [-0.25, -0.2) is 4.98 Å². The molecule has 0 aliphatic rings. The highest BCUT2D eigenvalue weighted by Gasteiger charge is 2.17. The largest absolute Gasteiger partial charge is 0.383 e. The Hall–Kier alpha value is -0.730. The van der Waals surface area contributed by atoms with Crippen LogP contribution in [0, 0.1) is 0 Å². The minimum Gasteiger partial charge on any atom is -0.383 e. The number of ether oxygens (including phenoxy) is 3. The van der Waals surface area contributed by atoms with E-state index in [0.29, 0.717) is 13.2 Å². The minimum absolute atomic E-state index is 0.269. The summed E-state index contributed by atoms with van der Waals surface area (Å²) >= 11 is 1.70. The zero-order chi connectivity index (χ0) is 15.5. The van der Waals surface area contributed by atoms with Crippen LogP contribution in [-0.2, 0) is 20.8 Å². The molecule has 1 N–H and O–H groups in total. The molecule has 0 aliphatic heterocycles. The van der Waals surface area contributed by atoms with Gasteiger partial charge >= 0.3 is 0 Å². The molecule has 1 aromatic heterocycles. The molecule has 0 bridgehead atoms. The molecule has 1 atom stereocenters. The maximum atomic E-state index is 5.25. The van der Waals surface area contributed by atoms with Crippen molar-refractivity contribution in [3.8, 4) is 0 Å². The summed E-state index contributed by atoms with van der Waals surface area (Å²) < 4.78 is 15.5. The number of thiazole rings is 1. The van der Waals surface area contributed by atoms with Crippen molar-refractivity contribution >= 4 is 16.5 Å². The normalized spacial score (nSPS) is 12.6. The van der Waals surface area contributed by atoms with Gasteiger partial charge in [0.25, 0.3) is 0 Å². The van der Waals surface area contributed by atoms with Crippen molar-refractivity contribution < 1.29 is 14.2 Å². The topological polar surface area (TPSA) is 55.9 Å². The predicted molar refractivity (Wildman–Crippen MR) is 86.3 cm³/mol. The molecular weight excluding hydrogens is 290 g/mol. The van der Waals surface area contributed by atoms with Gasteiger partial charge in [-0.2, -0.15) is 0 Å². The zero-order valence-electron chi connectivity index (χ0n) is 13.4. The highest BCUT2D eigenvalue weighted by Crippen LogP contribution is 2.24. The average Bonchev–Trinajstić information content (AvgIpc) is 2.93. The maximum absolute atomic E-state index is 5.25. The van der Waals surface area contributed by atoms with E-state index in [1.165, 1.54) is 4.88 Å². The molecule has 0 amide bonds. The zero-order valence-corrected chi connectivity index (χ0v) is 14.2. The first-order chi connectivity index (χ1) is 10.2. The van der Waals surface area contributed by atoms with Gasteiger partial charge in [0.2, 0.25) is 0 Å². The Bertz CT molecular complexity index is 376. The molecule has 1 unspecified atom stereocenters. The summed E-state index contributed by atoms with van der Waals surface area (Å²) in [6, 6.07) is 0.269. The SMILES string of the molecule is COCCNCc1cnc(N(CCOC)C(C)COC)s1. The van der Waals surface area contributed by atoms with Crippen LogP contribution in [-0.4, -0.2) is 65.3 Å². The summed E-state index contributed by atoms with van der Waals surface area (Å²) in [7, 11) is 5.14. The highest BCUT2D eigenvalue weighted by atomic mass is 32.1. The van der Waals surface area contributed by atoms with Gasteiger partial charge in [0.1, 0.15) is 0 Å². The van der Waals surface area contributed by atoms with E-state index in [4.69, 9.17) is 14.2 Å². The third kappa shape index (κ3) is 6.71. The van der Waals surface area contributed by atoms with Gasteiger partial charge in [-0.05, 0) is 6.92 Å². The number of hydrogen-bond donors (Lipinski definition) is 1. The Morgan fingerprint density at radius 3 is 2.67 bits per heavy atom. The molecule has 0 spiro atoms. The fourth-order valence-corrected chi connectivity index (χ4v) is 2.93. The summed E-state index contributed by atoms with van der Waals surface area (Å²) in [6.45, 7) is 6.67. The fourth-order valence-electron chi connectivity index (χ4n) is 1.92. The monoisotopic (exact) mass is 317 g/mol. The second kappa shape index (κ2) is 10.9. The first kappa shape index (κ1) is 18.3. The number of rotatable bonds is 12. The molecule has 0 aromatic carbocycles. The van der Waals surface area contributed by atoms with Crippen molar-refractivity contribution in [2.75, 3.05) is 59.1 Å². The minimum atomic E-state index is 0.269. The molecule has 0 saturated heterocycles. The lowest BCUT2D eigenvalue weighted by molar-refractivity contribution is 0.171. The first-order valence-electron chi connectivity index (χ1n) is 7.11. The molecule has 1 rings (SSSR count). The molecule has 1 heterocycles. The number of hydrogen-bond acceptors (Lipinski definition) is 7. The van der Waals surface area contributed by atoms with Gasteiger partial charge in [-0.15, -0.1) is 11.3 Å². The van der Waals surface area contributed by atoms with E-state index in [9.17, 15) is 0 Å². The van der Waals surface area contributed by atoms with Gasteiger partial charge in [-0.3, -0.25) is 0 Å². The van der Waals surface area contributed by atoms with E-state index in [1.807, 2.05) is 6.20 Å². The van der Waals surface area contributed by atoms with Crippen LogP contribution in [0.15, 0.2) is 6.20 Å². The van der Waals surface area contributed by atoms with Crippen LogP contribution in [0.5, 0.6) is 0 Å². The number of nitrogens with zero attached hydrogens (tertiary/aromatic N) is 2. The van der Waals surface area contributed by atoms with Crippen LogP contribution in [0.4, 0.5) is 5.13 Å². The van der Waals surface area contributed by atoms with E-state index in [2.05, 4.69) is 22.1 Å². The number of nitrogens with one attached hydrogen (secondary N) is 1. The lowest BCUT2D eigenvalue weighted by Crippen LogP contribution is -2.38. The summed E-state index contributed by atoms with van der Waals surface area (Å²) in [5, 5.41) is 4.34. The van der Waals surface area contributed by atoms with E-state index in [-0.39, 0.29) is 6.04 Å². The third-order valence-corrected chi connectivity index (χ3v) is 4.08. The molecule has 0 fully saturated rings. The van der Waals surface area contributed by atoms with Crippen LogP contribution in [0.1, 0.15) is 11.8 Å². The van der Waals surface area contributed by atoms with Crippen molar-refractivity contribution in [3.63, 3.8) is 0 Å². The molecule has 122 valence electrons. The van der Waals surface area contributed by atoms with Crippen molar-refractivity contribution in [1.29, 1.82) is 0 Å². The van der Waals surface area contributed by atoms with Gasteiger partial charge in [0.15, 0.2) is 5.13 Å². The molecule has 1 aromatic rings. The molecule has 21 heavy (non-hydrogen) atoms. The Labute approximate surface area is 131 Å². The predicted octanol–water partition coefficient (Wildman–Crippen LogP) is 1.37. The molecular formula is C14H27N3O3S. The summed E-state index contributed by atoms with van der Waals surface area (Å²) in [5.41, 5.74) is 0. The Kier molecular flexibility index (Phi) is 9.53. The van der Waals surface area contributed by atoms with Crippen molar-refractivity contribution in [3.05, 3.63) is 11.1 Å². The van der Waals surface area contributed by atoms with Crippen molar-refractivity contribution in [2.45, 2.75) is 19.5 Å². The molecule has 0 radical (unpaired) electrons. The van der Waals surface area contributed by atoms with E-state index >= 15 is 0 Å². The number of anilines is 1. The second-order valence-corrected chi connectivity index (χ2v) is 5.86. The van der Waals surface area contributed by atoms with Gasteiger partial charge in [0, 0.05) is 52.0 Å². The Morgan fingerprint density at radius 2 is 2.00 bits per heavy atom. The van der Waals surface area contributed by atoms with Gasteiger partial charge in [0.05, 0.1) is 25.9 Å². The summed E-state index contributed by atoms with van der Waals surface area (Å²) in [6.07, 6.45) is 1.93. The average molecular weight is 317 g/mol. The Morgan fingerprint density at radius 1 is 1.24 bits per heavy atom. The standard InChI is InChI=1S/C14H27N3O3S/c1-12(11-20-4)17(6-8-19-3)14-16-10-13(21-14)9-15-5-7-18-2/h10,12,15H,5-9,11H2,1-4H3. The van der Waals surface area contributed by atoms with E-state index < -0.39 is 0 Å². The van der Waals surface area contributed by atoms with Crippen molar-refractivity contribution in [1.82, 2.24) is 10.3 Å². The smallest absolute Gasteiger partial charge is 0.185 e. The van der Waals surface area contributed by atoms with E-state index in [1.54, 1.807) is 32.7 Å². The third-order valence-electron chi connectivity index (χ3n) is 3.05. The van der Waals surface area contributed by atoms with Crippen LogP contribution < -0.4 is 10.2 Å². The molecule has 0 saturated carbocycles. The lowest BCUT2D eigenvalue weighted by atomic mass is 10.3. The molecule has 6 nitrogen and oxygen atoms in total. The maximum Gasteiger partial charge on any atom is 0.185 e. The lowest BCUT2D eigenvalue weighted by Gasteiger charge is -2.28. The summed E-state index contributed by atoms with van der Waals surface area (Å²) in [5.74, 6) is 0. The Balaban J connectivity index is 2.58. The highest BCUT2D eigenvalue weighted by molar-refractivity contribution is 7.15. The number of aromatic nitrogens is 1. The van der Waals surface area contributed by atoms with Crippen LogP contribution >= 0.6 is 11.3 Å². The van der Waals surface area contributed by atoms with Crippen LogP contribution in [0.3, 0.4) is 0 Å². The van der Waals surface area contributed by atoms with Crippen molar-refractivity contribution in [2.24, 2.45) is 0 Å². The fraction of sp³-hybridized carbons (Fsp3) is 0.786. The second-order valence-electron chi connectivity index (χ2n) is 4.77. The molecule has 0 aliphatic carbocycles. The van der Waals surface area contributed by atoms with Crippen LogP contribution in [0.25, 0.3) is 0 Å². The van der Waals surface area contributed by atoms with Crippen LogP contribution in [0.2, 0.25) is 0 Å². The van der Waals surface area contributed by atoms with Gasteiger partial charge in [-0.1, -0.05) is 0 Å². The quantitative estimate of drug-likeness (QED) is 0.588. The van der Waals surface area contributed by atoms with E-state index in [0.717, 1.165) is 31.4 Å². The molecule has 7 heteroatoms. The number of methoxy groups -OCH3 is 3. The van der Waals surface area contributed by atoms with Gasteiger partial charge < -0.3 is 24.4 Å².